The van der Waals surface area contributed by atoms with Crippen LogP contribution in [-0.4, -0.2) is 31.6 Å². The van der Waals surface area contributed by atoms with Gasteiger partial charge in [0, 0.05) is 25.0 Å². The van der Waals surface area contributed by atoms with Crippen molar-refractivity contribution in [3.8, 4) is 0 Å². The monoisotopic (exact) mass is 315 g/mol. The number of nitrogens with zero attached hydrogens (tertiary/aromatic N) is 3. The van der Waals surface area contributed by atoms with Crippen LogP contribution in [0.15, 0.2) is 12.3 Å². The van der Waals surface area contributed by atoms with E-state index in [2.05, 4.69) is 10.2 Å². The van der Waals surface area contributed by atoms with Crippen molar-refractivity contribution in [2.45, 2.75) is 37.5 Å². The minimum Gasteiger partial charge on any atom is -0.478 e. The van der Waals surface area contributed by atoms with Crippen molar-refractivity contribution < 1.29 is 18.7 Å². The maximum atomic E-state index is 13.2. The fourth-order valence-corrected chi connectivity index (χ4v) is 2.91. The molecule has 1 N–H and O–H groups in total. The zero-order valence-electron chi connectivity index (χ0n) is 10.9. The number of halogens is 3. The van der Waals surface area contributed by atoms with Crippen LogP contribution in [0.25, 0.3) is 5.65 Å². The summed E-state index contributed by atoms with van der Waals surface area (Å²) in [4.78, 5) is 11.1. The molecule has 2 heterocycles. The third kappa shape index (κ3) is 2.57. The topological polar surface area (TPSA) is 67.5 Å². The number of carboxylic acids is 1. The van der Waals surface area contributed by atoms with E-state index in [1.165, 1.54) is 16.7 Å². The number of carboxylic acid groups (broad SMARTS) is 1. The molecule has 0 aliphatic heterocycles. The molecule has 2 aromatic heterocycles. The maximum absolute atomic E-state index is 13.2. The number of rotatable bonds is 2. The molecule has 21 heavy (non-hydrogen) atoms. The number of pyridine rings is 1. The summed E-state index contributed by atoms with van der Waals surface area (Å²) in [7, 11) is 0. The summed E-state index contributed by atoms with van der Waals surface area (Å²) in [6.45, 7) is 0. The minimum absolute atomic E-state index is 0.00897. The predicted molar refractivity (Wildman–Crippen MR) is 71.1 cm³/mol. The first-order chi connectivity index (χ1) is 9.87. The van der Waals surface area contributed by atoms with Crippen LogP contribution >= 0.6 is 11.6 Å². The van der Waals surface area contributed by atoms with Gasteiger partial charge in [-0.05, 0) is 18.9 Å². The Morgan fingerprint density at radius 1 is 1.38 bits per heavy atom. The third-order valence-corrected chi connectivity index (χ3v) is 4.09. The van der Waals surface area contributed by atoms with E-state index in [1.807, 2.05) is 0 Å². The van der Waals surface area contributed by atoms with Crippen molar-refractivity contribution in [1.29, 1.82) is 0 Å². The Bertz CT molecular complexity index is 707. The molecule has 0 aromatic carbocycles. The molecule has 1 aliphatic rings. The van der Waals surface area contributed by atoms with Crippen molar-refractivity contribution in [1.82, 2.24) is 14.6 Å². The largest absolute Gasteiger partial charge is 0.478 e. The molecule has 2 aromatic rings. The molecule has 0 amide bonds. The second-order valence-corrected chi connectivity index (χ2v) is 5.67. The molecule has 112 valence electrons. The Morgan fingerprint density at radius 2 is 2.05 bits per heavy atom. The Kier molecular flexibility index (Phi) is 3.32. The number of aromatic nitrogens is 3. The van der Waals surface area contributed by atoms with Crippen LogP contribution in [0.3, 0.4) is 0 Å². The summed E-state index contributed by atoms with van der Waals surface area (Å²) in [5, 5.41) is 17.2. The molecule has 3 rings (SSSR count). The molecular weight excluding hydrogens is 304 g/mol. The van der Waals surface area contributed by atoms with E-state index in [0.29, 0.717) is 24.3 Å². The molecule has 5 nitrogen and oxygen atoms in total. The molecule has 1 fully saturated rings. The van der Waals surface area contributed by atoms with Gasteiger partial charge in [-0.3, -0.25) is 4.40 Å². The van der Waals surface area contributed by atoms with Crippen LogP contribution in [0.2, 0.25) is 5.02 Å². The number of hydrogen-bond acceptors (Lipinski definition) is 3. The van der Waals surface area contributed by atoms with Gasteiger partial charge in [0.2, 0.25) is 5.92 Å². The van der Waals surface area contributed by atoms with E-state index in [0.717, 1.165) is 0 Å². The van der Waals surface area contributed by atoms with Crippen molar-refractivity contribution in [3.63, 3.8) is 0 Å². The van der Waals surface area contributed by atoms with Gasteiger partial charge < -0.3 is 5.11 Å². The van der Waals surface area contributed by atoms with Crippen LogP contribution in [0.5, 0.6) is 0 Å². The van der Waals surface area contributed by atoms with Gasteiger partial charge in [0.15, 0.2) is 5.65 Å². The summed E-state index contributed by atoms with van der Waals surface area (Å²) < 4.78 is 28.0. The Hall–Kier alpha value is -1.76. The highest BCUT2D eigenvalue weighted by Crippen LogP contribution is 2.40. The number of alkyl halides is 2. The molecule has 1 aliphatic carbocycles. The second-order valence-electron chi connectivity index (χ2n) is 5.26. The highest BCUT2D eigenvalue weighted by molar-refractivity contribution is 6.33. The van der Waals surface area contributed by atoms with Gasteiger partial charge in [-0.25, -0.2) is 13.6 Å². The van der Waals surface area contributed by atoms with Gasteiger partial charge in [-0.1, -0.05) is 11.6 Å². The van der Waals surface area contributed by atoms with E-state index in [-0.39, 0.29) is 29.3 Å². The van der Waals surface area contributed by atoms with Gasteiger partial charge in [0.25, 0.3) is 0 Å². The minimum atomic E-state index is -2.62. The SMILES string of the molecule is O=C(O)c1cc(Cl)c2nnc(C3CCC(F)(F)CC3)n2c1. The lowest BCUT2D eigenvalue weighted by atomic mass is 9.86. The number of fused-ring (bicyclic) bond motifs is 1. The number of aromatic carboxylic acids is 1. The average Bonchev–Trinajstić information content (AvgIpc) is 2.83. The van der Waals surface area contributed by atoms with Gasteiger partial charge in [-0.15, -0.1) is 10.2 Å². The summed E-state index contributed by atoms with van der Waals surface area (Å²) in [5.74, 6) is -3.42. The molecule has 0 radical (unpaired) electrons. The molecule has 0 unspecified atom stereocenters. The standard InChI is InChI=1S/C13H12ClF2N3O2/c14-9-5-8(12(20)21)6-19-10(17-18-11(9)19)7-1-3-13(15,16)4-2-7/h5-7H,1-4H2,(H,20,21). The second kappa shape index (κ2) is 4.91. The summed E-state index contributed by atoms with van der Waals surface area (Å²) >= 11 is 6.00. The van der Waals surface area contributed by atoms with Crippen molar-refractivity contribution >= 4 is 23.2 Å². The highest BCUT2D eigenvalue weighted by Gasteiger charge is 2.37. The van der Waals surface area contributed by atoms with E-state index >= 15 is 0 Å². The number of hydrogen-bond donors (Lipinski definition) is 1. The van der Waals surface area contributed by atoms with E-state index in [4.69, 9.17) is 16.7 Å². The molecule has 0 spiro atoms. The van der Waals surface area contributed by atoms with E-state index < -0.39 is 11.9 Å². The van der Waals surface area contributed by atoms with Crippen LogP contribution in [-0.2, 0) is 0 Å². The quantitative estimate of drug-likeness (QED) is 0.922. The van der Waals surface area contributed by atoms with Crippen molar-refractivity contribution in [2.75, 3.05) is 0 Å². The average molecular weight is 316 g/mol. The fourth-order valence-electron chi connectivity index (χ4n) is 2.66. The van der Waals surface area contributed by atoms with E-state index in [1.54, 1.807) is 0 Å². The van der Waals surface area contributed by atoms with Crippen molar-refractivity contribution in [3.05, 3.63) is 28.7 Å². The van der Waals surface area contributed by atoms with E-state index in [9.17, 15) is 13.6 Å². The third-order valence-electron chi connectivity index (χ3n) is 3.82. The normalized spacial score (nSPS) is 19.0. The lowest BCUT2D eigenvalue weighted by Gasteiger charge is -2.27. The fraction of sp³-hybridized carbons (Fsp3) is 0.462. The maximum Gasteiger partial charge on any atom is 0.337 e. The van der Waals surface area contributed by atoms with Crippen LogP contribution in [0, 0.1) is 0 Å². The Balaban J connectivity index is 2.02. The van der Waals surface area contributed by atoms with Crippen LogP contribution in [0.4, 0.5) is 8.78 Å². The highest BCUT2D eigenvalue weighted by atomic mass is 35.5. The molecule has 0 atom stereocenters. The lowest BCUT2D eigenvalue weighted by Crippen LogP contribution is -2.24. The van der Waals surface area contributed by atoms with Gasteiger partial charge in [0.1, 0.15) is 5.82 Å². The van der Waals surface area contributed by atoms with Gasteiger partial charge in [0.05, 0.1) is 10.6 Å². The molecule has 1 saturated carbocycles. The molecule has 0 saturated heterocycles. The first kappa shape index (κ1) is 14.2. The molecule has 8 heteroatoms. The zero-order valence-corrected chi connectivity index (χ0v) is 11.6. The molecular formula is C13H12ClF2N3O2. The number of carbonyl (C=O) groups is 1. The summed E-state index contributed by atoms with van der Waals surface area (Å²) in [5.41, 5.74) is 0.351. The Labute approximate surface area is 123 Å². The first-order valence-corrected chi connectivity index (χ1v) is 6.90. The van der Waals surface area contributed by atoms with Gasteiger partial charge >= 0.3 is 5.97 Å². The van der Waals surface area contributed by atoms with Crippen LogP contribution in [0.1, 0.15) is 47.8 Å². The molecule has 0 bridgehead atoms. The zero-order chi connectivity index (χ0) is 15.2. The smallest absolute Gasteiger partial charge is 0.337 e. The van der Waals surface area contributed by atoms with Crippen LogP contribution < -0.4 is 0 Å². The summed E-state index contributed by atoms with van der Waals surface area (Å²) in [6, 6.07) is 1.30. The van der Waals surface area contributed by atoms with Gasteiger partial charge in [-0.2, -0.15) is 0 Å². The van der Waals surface area contributed by atoms with Crippen molar-refractivity contribution in [2.24, 2.45) is 0 Å². The summed E-state index contributed by atoms with van der Waals surface area (Å²) in [6.07, 6.45) is 1.58. The predicted octanol–water partition coefficient (Wildman–Crippen LogP) is 3.37. The first-order valence-electron chi connectivity index (χ1n) is 6.53. The Morgan fingerprint density at radius 3 is 2.67 bits per heavy atom. The lowest BCUT2D eigenvalue weighted by molar-refractivity contribution is -0.0388.